The highest BCUT2D eigenvalue weighted by Gasteiger charge is 2.17. The molecule has 0 fully saturated rings. The Morgan fingerprint density at radius 1 is 1.58 bits per heavy atom. The molecule has 0 saturated heterocycles. The van der Waals surface area contributed by atoms with Gasteiger partial charge in [-0.3, -0.25) is 14.9 Å². The molecule has 0 heterocycles. The summed E-state index contributed by atoms with van der Waals surface area (Å²) in [5, 5.41) is 22.1. The maximum absolute atomic E-state index is 13.6. The minimum atomic E-state index is -0.996. The van der Waals surface area contributed by atoms with Crippen LogP contribution in [0.2, 0.25) is 0 Å². The molecular formula is C12H15FN2O4. The quantitative estimate of drug-likeness (QED) is 0.584. The summed E-state index contributed by atoms with van der Waals surface area (Å²) >= 11 is 0. The van der Waals surface area contributed by atoms with E-state index >= 15 is 0 Å². The summed E-state index contributed by atoms with van der Waals surface area (Å²) in [6.07, 6.45) is 1.12. The first-order valence-corrected chi connectivity index (χ1v) is 5.84. The molecule has 0 saturated carbocycles. The summed E-state index contributed by atoms with van der Waals surface area (Å²) in [6.45, 7) is 1.87. The molecule has 2 N–H and O–H groups in total. The van der Waals surface area contributed by atoms with Crippen LogP contribution in [-0.2, 0) is 11.3 Å². The first-order chi connectivity index (χ1) is 8.95. The maximum atomic E-state index is 13.6. The number of non-ortho nitro benzene ring substituents is 1. The highest BCUT2D eigenvalue weighted by Crippen LogP contribution is 2.16. The van der Waals surface area contributed by atoms with Crippen molar-refractivity contribution in [2.75, 3.05) is 0 Å². The van der Waals surface area contributed by atoms with Gasteiger partial charge in [0.05, 0.1) is 11.0 Å². The van der Waals surface area contributed by atoms with Crippen LogP contribution in [0.5, 0.6) is 0 Å². The lowest BCUT2D eigenvalue weighted by atomic mass is 10.1. The zero-order valence-corrected chi connectivity index (χ0v) is 10.4. The van der Waals surface area contributed by atoms with Gasteiger partial charge in [0.1, 0.15) is 11.9 Å². The molecule has 7 heteroatoms. The predicted molar refractivity (Wildman–Crippen MR) is 66.2 cm³/mol. The molecular weight excluding hydrogens is 255 g/mol. The van der Waals surface area contributed by atoms with Gasteiger partial charge in [-0.2, -0.15) is 0 Å². The van der Waals surface area contributed by atoms with Crippen LogP contribution in [0.4, 0.5) is 10.1 Å². The lowest BCUT2D eigenvalue weighted by molar-refractivity contribution is -0.385. The summed E-state index contributed by atoms with van der Waals surface area (Å²) in [6, 6.07) is 2.55. The molecule has 0 aliphatic rings. The molecule has 104 valence electrons. The van der Waals surface area contributed by atoms with Gasteiger partial charge in [0.2, 0.25) is 0 Å². The van der Waals surface area contributed by atoms with Crippen molar-refractivity contribution in [1.29, 1.82) is 0 Å². The Labute approximate surface area is 109 Å². The molecule has 0 spiro atoms. The number of carboxylic acids is 1. The fraction of sp³-hybridized carbons (Fsp3) is 0.417. The summed E-state index contributed by atoms with van der Waals surface area (Å²) in [5.41, 5.74) is -0.127. The zero-order chi connectivity index (χ0) is 14.4. The molecule has 0 radical (unpaired) electrons. The molecule has 0 aliphatic carbocycles. The van der Waals surface area contributed by atoms with Gasteiger partial charge < -0.3 is 10.4 Å². The van der Waals surface area contributed by atoms with Crippen molar-refractivity contribution >= 4 is 11.7 Å². The SMILES string of the molecule is CCCC(NCc1ccc([N+](=O)[O-])cc1F)C(=O)O. The lowest BCUT2D eigenvalue weighted by Gasteiger charge is -2.13. The van der Waals surface area contributed by atoms with Crippen LogP contribution in [0.3, 0.4) is 0 Å². The van der Waals surface area contributed by atoms with Crippen molar-refractivity contribution in [3.8, 4) is 0 Å². The molecule has 1 aromatic carbocycles. The molecule has 0 aliphatic heterocycles. The van der Waals surface area contributed by atoms with Crippen molar-refractivity contribution in [2.45, 2.75) is 32.4 Å². The first kappa shape index (κ1) is 15.0. The molecule has 19 heavy (non-hydrogen) atoms. The summed E-state index contributed by atoms with van der Waals surface area (Å²) < 4.78 is 13.6. The molecule has 1 aromatic rings. The number of benzene rings is 1. The molecule has 0 aromatic heterocycles. The van der Waals surface area contributed by atoms with Crippen LogP contribution in [0.25, 0.3) is 0 Å². The van der Waals surface area contributed by atoms with Crippen LogP contribution in [0, 0.1) is 15.9 Å². The third-order valence-corrected chi connectivity index (χ3v) is 2.66. The van der Waals surface area contributed by atoms with Gasteiger partial charge >= 0.3 is 5.97 Å². The van der Waals surface area contributed by atoms with Gasteiger partial charge in [0.25, 0.3) is 5.69 Å². The van der Waals surface area contributed by atoms with Crippen LogP contribution in [0.1, 0.15) is 25.3 Å². The van der Waals surface area contributed by atoms with Gasteiger partial charge in [-0.25, -0.2) is 4.39 Å². The topological polar surface area (TPSA) is 92.5 Å². The minimum absolute atomic E-state index is 0.0147. The Kier molecular flexibility index (Phi) is 5.37. The number of nitro groups is 1. The van der Waals surface area contributed by atoms with Gasteiger partial charge in [-0.15, -0.1) is 0 Å². The highest BCUT2D eigenvalue weighted by atomic mass is 19.1. The highest BCUT2D eigenvalue weighted by molar-refractivity contribution is 5.73. The Morgan fingerprint density at radius 3 is 2.74 bits per heavy atom. The van der Waals surface area contributed by atoms with Crippen molar-refractivity contribution in [1.82, 2.24) is 5.32 Å². The molecule has 1 atom stereocenters. The number of hydrogen-bond donors (Lipinski definition) is 2. The van der Waals surface area contributed by atoms with Gasteiger partial charge in [0.15, 0.2) is 0 Å². The Hall–Kier alpha value is -2.02. The Morgan fingerprint density at radius 2 is 2.26 bits per heavy atom. The minimum Gasteiger partial charge on any atom is -0.480 e. The third kappa shape index (κ3) is 4.29. The molecule has 0 bridgehead atoms. The second-order valence-corrected chi connectivity index (χ2v) is 4.09. The molecule has 0 amide bonds. The van der Waals surface area contributed by atoms with E-state index in [0.29, 0.717) is 12.8 Å². The van der Waals surface area contributed by atoms with Crippen molar-refractivity contribution in [3.05, 3.63) is 39.7 Å². The fourth-order valence-corrected chi connectivity index (χ4v) is 1.63. The second-order valence-electron chi connectivity index (χ2n) is 4.09. The summed E-state index contributed by atoms with van der Waals surface area (Å²) in [5.74, 6) is -1.72. The summed E-state index contributed by atoms with van der Waals surface area (Å²) in [4.78, 5) is 20.7. The number of rotatable bonds is 7. The predicted octanol–water partition coefficient (Wildman–Crippen LogP) is 2.08. The third-order valence-electron chi connectivity index (χ3n) is 2.66. The largest absolute Gasteiger partial charge is 0.480 e. The number of carbonyl (C=O) groups is 1. The van der Waals surface area contributed by atoms with E-state index in [9.17, 15) is 19.3 Å². The van der Waals surface area contributed by atoms with Crippen molar-refractivity contribution in [3.63, 3.8) is 0 Å². The number of carboxylic acid groups (broad SMARTS) is 1. The smallest absolute Gasteiger partial charge is 0.320 e. The van der Waals surface area contributed by atoms with Crippen LogP contribution < -0.4 is 5.32 Å². The normalized spacial score (nSPS) is 12.1. The maximum Gasteiger partial charge on any atom is 0.320 e. The number of aliphatic carboxylic acids is 1. The van der Waals surface area contributed by atoms with Crippen LogP contribution in [-0.4, -0.2) is 22.0 Å². The van der Waals surface area contributed by atoms with Crippen LogP contribution in [0.15, 0.2) is 18.2 Å². The summed E-state index contributed by atoms with van der Waals surface area (Å²) in [7, 11) is 0. The van der Waals surface area contributed by atoms with E-state index in [2.05, 4.69) is 5.32 Å². The number of nitrogens with zero attached hydrogens (tertiary/aromatic N) is 1. The van der Waals surface area contributed by atoms with E-state index in [1.807, 2.05) is 6.92 Å². The zero-order valence-electron chi connectivity index (χ0n) is 10.4. The fourth-order valence-electron chi connectivity index (χ4n) is 1.63. The van der Waals surface area contributed by atoms with E-state index in [1.165, 1.54) is 12.1 Å². The average Bonchev–Trinajstić information content (AvgIpc) is 2.35. The number of hydrogen-bond acceptors (Lipinski definition) is 4. The average molecular weight is 270 g/mol. The lowest BCUT2D eigenvalue weighted by Crippen LogP contribution is -2.36. The standard InChI is InChI=1S/C12H15FN2O4/c1-2-3-11(12(16)17)14-7-8-4-5-9(15(18)19)6-10(8)13/h4-6,11,14H,2-3,7H2,1H3,(H,16,17). The Balaban J connectivity index is 2.72. The molecule has 6 nitrogen and oxygen atoms in total. The molecule has 1 unspecified atom stereocenters. The number of nitrogens with one attached hydrogen (secondary N) is 1. The number of nitro benzene ring substituents is 1. The van der Waals surface area contributed by atoms with E-state index < -0.39 is 22.8 Å². The Bertz CT molecular complexity index is 479. The van der Waals surface area contributed by atoms with Crippen molar-refractivity contribution < 1.29 is 19.2 Å². The molecule has 1 rings (SSSR count). The first-order valence-electron chi connectivity index (χ1n) is 5.84. The van der Waals surface area contributed by atoms with Gasteiger partial charge in [0, 0.05) is 18.2 Å². The van der Waals surface area contributed by atoms with E-state index in [0.717, 1.165) is 6.07 Å². The monoisotopic (exact) mass is 270 g/mol. The van der Waals surface area contributed by atoms with Crippen molar-refractivity contribution in [2.24, 2.45) is 0 Å². The van der Waals surface area contributed by atoms with Gasteiger partial charge in [-0.05, 0) is 12.5 Å². The number of halogens is 1. The van der Waals surface area contributed by atoms with E-state index in [4.69, 9.17) is 5.11 Å². The second kappa shape index (κ2) is 6.79. The van der Waals surface area contributed by atoms with E-state index in [-0.39, 0.29) is 17.8 Å². The van der Waals surface area contributed by atoms with Gasteiger partial charge in [-0.1, -0.05) is 13.3 Å². The van der Waals surface area contributed by atoms with Crippen LogP contribution >= 0.6 is 0 Å². The van der Waals surface area contributed by atoms with E-state index in [1.54, 1.807) is 0 Å².